The molecule has 86 valence electrons. The van der Waals surface area contributed by atoms with Gasteiger partial charge in [-0.05, 0) is 30.3 Å². The summed E-state index contributed by atoms with van der Waals surface area (Å²) >= 11 is 0. The van der Waals surface area contributed by atoms with E-state index in [9.17, 15) is 0 Å². The van der Waals surface area contributed by atoms with Crippen molar-refractivity contribution in [2.75, 3.05) is 0 Å². The van der Waals surface area contributed by atoms with Crippen LogP contribution >= 0.6 is 0 Å². The fourth-order valence-corrected chi connectivity index (χ4v) is 2.33. The van der Waals surface area contributed by atoms with Crippen LogP contribution in [0.5, 0.6) is 5.75 Å². The Labute approximate surface area is 104 Å². The second-order valence-electron chi connectivity index (χ2n) is 4.32. The van der Waals surface area contributed by atoms with Crippen molar-refractivity contribution in [2.24, 2.45) is 0 Å². The largest absolute Gasteiger partial charge is 0.488 e. The van der Waals surface area contributed by atoms with Gasteiger partial charge in [0.05, 0.1) is 16.7 Å². The van der Waals surface area contributed by atoms with E-state index < -0.39 is 0 Å². The van der Waals surface area contributed by atoms with E-state index in [-0.39, 0.29) is 0 Å². The van der Waals surface area contributed by atoms with E-state index in [2.05, 4.69) is 11.1 Å². The highest BCUT2D eigenvalue weighted by atomic mass is 16.5. The van der Waals surface area contributed by atoms with Gasteiger partial charge in [-0.25, -0.2) is 4.98 Å². The van der Waals surface area contributed by atoms with Crippen LogP contribution in [-0.2, 0) is 6.61 Å². The van der Waals surface area contributed by atoms with Gasteiger partial charge in [0.15, 0.2) is 0 Å². The Morgan fingerprint density at radius 3 is 2.94 bits per heavy atom. The molecule has 0 N–H and O–H groups in total. The van der Waals surface area contributed by atoms with Crippen LogP contribution in [-0.4, -0.2) is 9.97 Å². The first-order chi connectivity index (χ1) is 8.92. The average molecular weight is 234 g/mol. The molecule has 3 heteroatoms. The topological polar surface area (TPSA) is 35.0 Å². The van der Waals surface area contributed by atoms with Crippen molar-refractivity contribution < 1.29 is 4.74 Å². The fourth-order valence-electron chi connectivity index (χ4n) is 2.33. The predicted octanol–water partition coefficient (Wildman–Crippen LogP) is 3.19. The highest BCUT2D eigenvalue weighted by molar-refractivity contribution is 5.82. The maximum absolute atomic E-state index is 5.73. The summed E-state index contributed by atoms with van der Waals surface area (Å²) in [6.07, 6.45) is 1.79. The highest BCUT2D eigenvalue weighted by Gasteiger charge is 2.18. The molecular formula is C15H10N2O. The van der Waals surface area contributed by atoms with Gasteiger partial charge in [-0.15, -0.1) is 0 Å². The third kappa shape index (κ3) is 1.31. The van der Waals surface area contributed by atoms with Gasteiger partial charge in [0.2, 0.25) is 0 Å². The highest BCUT2D eigenvalue weighted by Crippen LogP contribution is 2.36. The molecule has 2 aromatic heterocycles. The molecule has 0 fully saturated rings. The predicted molar refractivity (Wildman–Crippen MR) is 69.3 cm³/mol. The summed E-state index contributed by atoms with van der Waals surface area (Å²) in [5, 5.41) is 0. The van der Waals surface area contributed by atoms with Crippen molar-refractivity contribution in [2.45, 2.75) is 6.61 Å². The lowest BCUT2D eigenvalue weighted by molar-refractivity contribution is 0.302. The molecule has 0 saturated heterocycles. The van der Waals surface area contributed by atoms with Gasteiger partial charge >= 0.3 is 0 Å². The minimum absolute atomic E-state index is 0.561. The van der Waals surface area contributed by atoms with E-state index in [1.54, 1.807) is 6.20 Å². The van der Waals surface area contributed by atoms with Crippen molar-refractivity contribution in [3.8, 4) is 17.0 Å². The summed E-state index contributed by atoms with van der Waals surface area (Å²) in [5.74, 6) is 0.903. The van der Waals surface area contributed by atoms with E-state index in [4.69, 9.17) is 9.72 Å². The Hall–Kier alpha value is -2.42. The number of aromatic nitrogens is 2. The fraction of sp³-hybridized carbons (Fsp3) is 0.0667. The molecular weight excluding hydrogens is 224 g/mol. The van der Waals surface area contributed by atoms with Gasteiger partial charge < -0.3 is 4.74 Å². The SMILES string of the molecule is c1ccc2c(c1)OCc1cc3ncccc3nc1-2. The summed E-state index contributed by atoms with van der Waals surface area (Å²) in [4.78, 5) is 9.04. The summed E-state index contributed by atoms with van der Waals surface area (Å²) in [6.45, 7) is 0.561. The molecule has 3 heterocycles. The monoisotopic (exact) mass is 234 g/mol. The quantitative estimate of drug-likeness (QED) is 0.599. The van der Waals surface area contributed by atoms with Gasteiger partial charge in [-0.1, -0.05) is 12.1 Å². The molecule has 0 bridgehead atoms. The molecule has 1 aromatic carbocycles. The van der Waals surface area contributed by atoms with Gasteiger partial charge in [0.1, 0.15) is 12.4 Å². The molecule has 0 spiro atoms. The van der Waals surface area contributed by atoms with Crippen LogP contribution in [0.1, 0.15) is 5.56 Å². The Balaban J connectivity index is 2.06. The Morgan fingerprint density at radius 1 is 1.00 bits per heavy atom. The second kappa shape index (κ2) is 3.53. The van der Waals surface area contributed by atoms with Crippen molar-refractivity contribution in [1.29, 1.82) is 0 Å². The summed E-state index contributed by atoms with van der Waals surface area (Å²) in [7, 11) is 0. The minimum atomic E-state index is 0.561. The lowest BCUT2D eigenvalue weighted by atomic mass is 10.0. The molecule has 0 aliphatic carbocycles. The standard InChI is InChI=1S/C15H10N2O/c1-2-6-14-11(4-1)15-10(9-18-14)8-13-12(17-15)5-3-7-16-13/h1-8H,9H2. The maximum atomic E-state index is 5.73. The average Bonchev–Trinajstić information content (AvgIpc) is 2.45. The van der Waals surface area contributed by atoms with Gasteiger partial charge in [0, 0.05) is 17.3 Å². The number of para-hydroxylation sites is 1. The lowest BCUT2D eigenvalue weighted by Gasteiger charge is -2.19. The first-order valence-electron chi connectivity index (χ1n) is 5.89. The lowest BCUT2D eigenvalue weighted by Crippen LogP contribution is -2.07. The molecule has 0 radical (unpaired) electrons. The van der Waals surface area contributed by atoms with E-state index in [1.165, 1.54) is 0 Å². The minimum Gasteiger partial charge on any atom is -0.488 e. The number of nitrogens with zero attached hydrogens (tertiary/aromatic N) is 2. The number of rotatable bonds is 0. The zero-order valence-corrected chi connectivity index (χ0v) is 9.63. The van der Waals surface area contributed by atoms with E-state index in [1.807, 2.05) is 36.4 Å². The molecule has 4 rings (SSSR count). The number of hydrogen-bond donors (Lipinski definition) is 0. The van der Waals surface area contributed by atoms with Crippen LogP contribution in [0.15, 0.2) is 48.7 Å². The number of ether oxygens (including phenoxy) is 1. The van der Waals surface area contributed by atoms with E-state index in [0.29, 0.717) is 6.61 Å². The van der Waals surface area contributed by atoms with Crippen LogP contribution < -0.4 is 4.74 Å². The summed E-state index contributed by atoms with van der Waals surface area (Å²) in [6, 6.07) is 14.0. The number of fused-ring (bicyclic) bond motifs is 4. The third-order valence-corrected chi connectivity index (χ3v) is 3.19. The second-order valence-corrected chi connectivity index (χ2v) is 4.32. The van der Waals surface area contributed by atoms with E-state index >= 15 is 0 Å². The van der Waals surface area contributed by atoms with Crippen LogP contribution in [0, 0.1) is 0 Å². The Bertz CT molecular complexity index is 752. The molecule has 1 aliphatic rings. The van der Waals surface area contributed by atoms with Crippen molar-refractivity contribution in [1.82, 2.24) is 9.97 Å². The van der Waals surface area contributed by atoms with Gasteiger partial charge in [-0.2, -0.15) is 0 Å². The molecule has 1 aliphatic heterocycles. The number of hydrogen-bond acceptors (Lipinski definition) is 3. The zero-order chi connectivity index (χ0) is 11.9. The molecule has 0 saturated carbocycles. The first kappa shape index (κ1) is 9.59. The summed E-state index contributed by atoms with van der Waals surface area (Å²) < 4.78 is 5.73. The third-order valence-electron chi connectivity index (χ3n) is 3.19. The van der Waals surface area contributed by atoms with Crippen molar-refractivity contribution in [3.63, 3.8) is 0 Å². The first-order valence-corrected chi connectivity index (χ1v) is 5.89. The van der Waals surface area contributed by atoms with Gasteiger partial charge in [-0.3, -0.25) is 4.98 Å². The number of pyridine rings is 2. The molecule has 0 unspecified atom stereocenters. The zero-order valence-electron chi connectivity index (χ0n) is 9.63. The maximum Gasteiger partial charge on any atom is 0.129 e. The summed E-state index contributed by atoms with van der Waals surface area (Å²) in [5.41, 5.74) is 5.01. The molecule has 3 nitrogen and oxygen atoms in total. The molecule has 3 aromatic rings. The normalized spacial score (nSPS) is 12.7. The van der Waals surface area contributed by atoms with Gasteiger partial charge in [0.25, 0.3) is 0 Å². The molecule has 0 amide bonds. The van der Waals surface area contributed by atoms with Crippen LogP contribution in [0.25, 0.3) is 22.3 Å². The van der Waals surface area contributed by atoms with Crippen LogP contribution in [0.4, 0.5) is 0 Å². The smallest absolute Gasteiger partial charge is 0.129 e. The Kier molecular flexibility index (Phi) is 1.88. The van der Waals surface area contributed by atoms with E-state index in [0.717, 1.165) is 33.6 Å². The van der Waals surface area contributed by atoms with Crippen molar-refractivity contribution >= 4 is 11.0 Å². The van der Waals surface area contributed by atoms with Crippen molar-refractivity contribution in [3.05, 3.63) is 54.2 Å². The molecule has 18 heavy (non-hydrogen) atoms. The molecule has 0 atom stereocenters. The van der Waals surface area contributed by atoms with Crippen LogP contribution in [0.2, 0.25) is 0 Å². The van der Waals surface area contributed by atoms with Crippen LogP contribution in [0.3, 0.4) is 0 Å². The Morgan fingerprint density at radius 2 is 1.94 bits per heavy atom. The number of benzene rings is 1.